The van der Waals surface area contributed by atoms with Gasteiger partial charge in [-0.05, 0) is 36.6 Å². The number of H-pyrrole nitrogens is 1. The van der Waals surface area contributed by atoms with E-state index >= 15 is 0 Å². The standard InChI is InChI=1S/C22H22ClFN4O3/c1-4-20(29)27(3)28(22(31)26-14-9-10-19(24)18(23)11-14)13(2)17-12-25-21(30)16-8-6-5-7-15(16)17/h5-13H,4H2,1-3H3,(H,25,30)(H,26,31). The average molecular weight is 445 g/mol. The third-order valence-corrected chi connectivity index (χ3v) is 5.31. The molecule has 2 aromatic carbocycles. The maximum absolute atomic E-state index is 13.5. The topological polar surface area (TPSA) is 85.5 Å². The normalized spacial score (nSPS) is 11.8. The molecule has 31 heavy (non-hydrogen) atoms. The number of anilines is 1. The zero-order chi connectivity index (χ0) is 22.7. The number of aromatic amines is 1. The van der Waals surface area contributed by atoms with Crippen LogP contribution in [0.4, 0.5) is 14.9 Å². The summed E-state index contributed by atoms with van der Waals surface area (Å²) in [5.41, 5.74) is 0.678. The minimum absolute atomic E-state index is 0.137. The summed E-state index contributed by atoms with van der Waals surface area (Å²) in [6.07, 6.45) is 1.72. The Morgan fingerprint density at radius 1 is 1.19 bits per heavy atom. The van der Waals surface area contributed by atoms with Gasteiger partial charge in [0.2, 0.25) is 5.91 Å². The molecule has 3 aromatic rings. The van der Waals surface area contributed by atoms with Gasteiger partial charge in [-0.25, -0.2) is 14.2 Å². The first kappa shape index (κ1) is 22.3. The summed E-state index contributed by atoms with van der Waals surface area (Å²) >= 11 is 5.81. The Bertz CT molecular complexity index is 1200. The molecule has 0 aliphatic carbocycles. The number of carbonyl (C=O) groups excluding carboxylic acids is 2. The highest BCUT2D eigenvalue weighted by atomic mass is 35.5. The van der Waals surface area contributed by atoms with Gasteiger partial charge in [-0.3, -0.25) is 14.6 Å². The molecule has 0 spiro atoms. The second-order valence-corrected chi connectivity index (χ2v) is 7.38. The molecule has 0 aliphatic rings. The predicted octanol–water partition coefficient (Wildman–Crippen LogP) is 4.70. The molecule has 0 bridgehead atoms. The summed E-state index contributed by atoms with van der Waals surface area (Å²) in [6, 6.07) is 9.58. The smallest absolute Gasteiger partial charge is 0.328 e. The summed E-state index contributed by atoms with van der Waals surface area (Å²) in [4.78, 5) is 40.5. The van der Waals surface area contributed by atoms with Crippen molar-refractivity contribution in [2.24, 2.45) is 0 Å². The fourth-order valence-corrected chi connectivity index (χ4v) is 3.57. The second kappa shape index (κ2) is 9.18. The summed E-state index contributed by atoms with van der Waals surface area (Å²) in [5.74, 6) is -0.893. The van der Waals surface area contributed by atoms with Crippen LogP contribution >= 0.6 is 11.6 Å². The summed E-state index contributed by atoms with van der Waals surface area (Å²) in [5, 5.41) is 6.13. The van der Waals surface area contributed by atoms with Crippen molar-refractivity contribution in [3.63, 3.8) is 0 Å². The van der Waals surface area contributed by atoms with Crippen LogP contribution in [0.2, 0.25) is 5.02 Å². The molecule has 162 valence electrons. The van der Waals surface area contributed by atoms with E-state index in [4.69, 9.17) is 11.6 Å². The average Bonchev–Trinajstić information content (AvgIpc) is 2.76. The number of aromatic nitrogens is 1. The number of carbonyl (C=O) groups is 2. The van der Waals surface area contributed by atoms with E-state index in [2.05, 4.69) is 10.3 Å². The van der Waals surface area contributed by atoms with Crippen LogP contribution in [-0.2, 0) is 4.79 Å². The molecular formula is C22H22ClFN4O3. The van der Waals surface area contributed by atoms with E-state index in [0.29, 0.717) is 16.3 Å². The highest BCUT2D eigenvalue weighted by molar-refractivity contribution is 6.31. The molecule has 9 heteroatoms. The van der Waals surface area contributed by atoms with Crippen molar-refractivity contribution in [1.29, 1.82) is 0 Å². The molecule has 1 heterocycles. The lowest BCUT2D eigenvalue weighted by Gasteiger charge is -2.37. The van der Waals surface area contributed by atoms with Gasteiger partial charge in [-0.1, -0.05) is 36.7 Å². The van der Waals surface area contributed by atoms with Crippen LogP contribution in [-0.4, -0.2) is 34.0 Å². The summed E-state index contributed by atoms with van der Waals surface area (Å²) < 4.78 is 13.5. The highest BCUT2D eigenvalue weighted by Gasteiger charge is 2.29. The Morgan fingerprint density at radius 3 is 2.52 bits per heavy atom. The maximum Gasteiger partial charge on any atom is 0.341 e. The van der Waals surface area contributed by atoms with Crippen LogP contribution in [0.15, 0.2) is 53.5 Å². The minimum Gasteiger partial charge on any atom is -0.328 e. The summed E-state index contributed by atoms with van der Waals surface area (Å²) in [7, 11) is 1.49. The molecule has 7 nitrogen and oxygen atoms in total. The van der Waals surface area contributed by atoms with Crippen LogP contribution in [0.1, 0.15) is 31.9 Å². The Hall–Kier alpha value is -3.39. The molecule has 0 radical (unpaired) electrons. The van der Waals surface area contributed by atoms with Crippen LogP contribution in [0, 0.1) is 5.82 Å². The Labute approximate surface area is 183 Å². The van der Waals surface area contributed by atoms with Gasteiger partial charge in [0.15, 0.2) is 0 Å². The monoisotopic (exact) mass is 444 g/mol. The lowest BCUT2D eigenvalue weighted by molar-refractivity contribution is -0.143. The maximum atomic E-state index is 13.5. The van der Waals surface area contributed by atoms with Crippen molar-refractivity contribution in [2.45, 2.75) is 26.3 Å². The van der Waals surface area contributed by atoms with Gasteiger partial charge < -0.3 is 10.3 Å². The first-order valence-electron chi connectivity index (χ1n) is 9.66. The van der Waals surface area contributed by atoms with Crippen LogP contribution < -0.4 is 10.9 Å². The molecule has 1 atom stereocenters. The largest absolute Gasteiger partial charge is 0.341 e. The number of halogens is 2. The van der Waals surface area contributed by atoms with Crippen molar-refractivity contribution >= 4 is 40.0 Å². The van der Waals surface area contributed by atoms with Crippen LogP contribution in [0.5, 0.6) is 0 Å². The fourth-order valence-electron chi connectivity index (χ4n) is 3.38. The molecule has 1 aromatic heterocycles. The number of pyridine rings is 1. The van der Waals surface area contributed by atoms with Gasteiger partial charge in [-0.2, -0.15) is 0 Å². The van der Waals surface area contributed by atoms with Crippen molar-refractivity contribution in [1.82, 2.24) is 15.0 Å². The van der Waals surface area contributed by atoms with E-state index < -0.39 is 17.9 Å². The molecule has 1 unspecified atom stereocenters. The van der Waals surface area contributed by atoms with E-state index in [-0.39, 0.29) is 28.6 Å². The fraction of sp³-hybridized carbons (Fsp3) is 0.227. The van der Waals surface area contributed by atoms with Gasteiger partial charge in [-0.15, -0.1) is 0 Å². The number of urea groups is 1. The van der Waals surface area contributed by atoms with Crippen molar-refractivity contribution < 1.29 is 14.0 Å². The Morgan fingerprint density at radius 2 is 1.87 bits per heavy atom. The third-order valence-electron chi connectivity index (χ3n) is 5.02. The first-order chi connectivity index (χ1) is 14.7. The van der Waals surface area contributed by atoms with Gasteiger partial charge >= 0.3 is 6.03 Å². The number of nitrogens with one attached hydrogen (secondary N) is 2. The third kappa shape index (κ3) is 4.54. The molecule has 3 amide bonds. The molecule has 0 saturated heterocycles. The molecule has 0 aliphatic heterocycles. The van der Waals surface area contributed by atoms with E-state index in [9.17, 15) is 18.8 Å². The molecule has 2 N–H and O–H groups in total. The zero-order valence-electron chi connectivity index (χ0n) is 17.3. The predicted molar refractivity (Wildman–Crippen MR) is 118 cm³/mol. The van der Waals surface area contributed by atoms with E-state index in [0.717, 1.165) is 6.07 Å². The highest BCUT2D eigenvalue weighted by Crippen LogP contribution is 2.28. The van der Waals surface area contributed by atoms with Gasteiger partial charge in [0, 0.05) is 36.3 Å². The number of hydrogen-bond donors (Lipinski definition) is 2. The SMILES string of the molecule is CCC(=O)N(C)N(C(=O)Nc1ccc(F)c(Cl)c1)C(C)c1c[nH]c(=O)c2ccccc12. The first-order valence-corrected chi connectivity index (χ1v) is 10.0. The number of hydrazine groups is 1. The number of hydrogen-bond acceptors (Lipinski definition) is 3. The van der Waals surface area contributed by atoms with Crippen molar-refractivity contribution in [3.05, 3.63) is 75.4 Å². The zero-order valence-corrected chi connectivity index (χ0v) is 18.0. The number of benzene rings is 2. The van der Waals surface area contributed by atoms with Crippen molar-refractivity contribution in [3.8, 4) is 0 Å². The number of fused-ring (bicyclic) bond motifs is 1. The van der Waals surface area contributed by atoms with E-state index in [1.165, 1.54) is 35.4 Å². The second-order valence-electron chi connectivity index (χ2n) is 6.97. The number of rotatable bonds is 4. The van der Waals surface area contributed by atoms with Gasteiger partial charge in [0.25, 0.3) is 5.56 Å². The lowest BCUT2D eigenvalue weighted by Crippen LogP contribution is -2.50. The lowest BCUT2D eigenvalue weighted by atomic mass is 10.0. The van der Waals surface area contributed by atoms with Crippen LogP contribution in [0.25, 0.3) is 10.8 Å². The quantitative estimate of drug-likeness (QED) is 0.572. The molecule has 3 rings (SSSR count). The Kier molecular flexibility index (Phi) is 6.60. The van der Waals surface area contributed by atoms with Gasteiger partial charge in [0.1, 0.15) is 5.82 Å². The van der Waals surface area contributed by atoms with E-state index in [1.807, 2.05) is 0 Å². The number of amides is 3. The summed E-state index contributed by atoms with van der Waals surface area (Å²) in [6.45, 7) is 3.44. The Balaban J connectivity index is 2.04. The van der Waals surface area contributed by atoms with Crippen molar-refractivity contribution in [2.75, 3.05) is 12.4 Å². The van der Waals surface area contributed by atoms with Gasteiger partial charge in [0.05, 0.1) is 11.1 Å². The molecule has 0 saturated carbocycles. The van der Waals surface area contributed by atoms with Crippen LogP contribution in [0.3, 0.4) is 0 Å². The van der Waals surface area contributed by atoms with E-state index in [1.54, 1.807) is 38.1 Å². The molecular weight excluding hydrogens is 423 g/mol. The number of nitrogens with zero attached hydrogens (tertiary/aromatic N) is 2. The molecule has 0 fully saturated rings. The minimum atomic E-state index is -0.627.